The van der Waals surface area contributed by atoms with Gasteiger partial charge in [-0.3, -0.25) is 0 Å². The Bertz CT molecular complexity index is 1440. The van der Waals surface area contributed by atoms with Gasteiger partial charge in [-0.2, -0.15) is 0 Å². The Morgan fingerprint density at radius 3 is 2.41 bits per heavy atom. The van der Waals surface area contributed by atoms with Gasteiger partial charge in [-0.25, -0.2) is 9.38 Å². The van der Waals surface area contributed by atoms with Crippen molar-refractivity contribution in [2.24, 2.45) is 10.7 Å². The number of hydrogen-bond acceptors (Lipinski definition) is 5. The van der Waals surface area contributed by atoms with E-state index in [0.717, 1.165) is 27.9 Å². The second kappa shape index (κ2) is 13.8. The molecule has 202 valence electrons. The van der Waals surface area contributed by atoms with E-state index < -0.39 is 0 Å². The number of nitrogens with zero attached hydrogens (tertiary/aromatic N) is 1. The third-order valence-electron chi connectivity index (χ3n) is 5.97. The monoisotopic (exact) mass is 547 g/mol. The molecule has 0 atom stereocenters. The zero-order valence-electron chi connectivity index (χ0n) is 21.9. The molecular weight excluding hydrogens is 517 g/mol. The smallest absolute Gasteiger partial charge is 0.138 e. The molecule has 4 aromatic carbocycles. The van der Waals surface area contributed by atoms with E-state index >= 15 is 0 Å². The van der Waals surface area contributed by atoms with Crippen LogP contribution in [0, 0.1) is 5.82 Å². The molecule has 0 heterocycles. The molecule has 0 aliphatic carbocycles. The van der Waals surface area contributed by atoms with E-state index in [1.807, 2.05) is 43.4 Å². The fraction of sp³-hybridized carbons (Fsp3) is 0.194. The highest BCUT2D eigenvalue weighted by atomic mass is 35.5. The highest BCUT2D eigenvalue weighted by molar-refractivity contribution is 6.32. The lowest BCUT2D eigenvalue weighted by Crippen LogP contribution is -2.15. The summed E-state index contributed by atoms with van der Waals surface area (Å²) in [6.07, 6.45) is 0. The van der Waals surface area contributed by atoms with Crippen LogP contribution < -0.4 is 15.8 Å². The zero-order valence-corrected chi connectivity index (χ0v) is 22.7. The van der Waals surface area contributed by atoms with Crippen molar-refractivity contribution in [3.8, 4) is 16.9 Å². The summed E-state index contributed by atoms with van der Waals surface area (Å²) in [5, 5.41) is 3.57. The second-order valence-corrected chi connectivity index (χ2v) is 9.19. The summed E-state index contributed by atoms with van der Waals surface area (Å²) in [5.41, 5.74) is 12.5. The van der Waals surface area contributed by atoms with Crippen LogP contribution in [0.4, 0.5) is 15.8 Å². The van der Waals surface area contributed by atoms with Crippen molar-refractivity contribution >= 4 is 28.8 Å². The first kappa shape index (κ1) is 28.1. The fourth-order valence-corrected chi connectivity index (χ4v) is 4.22. The molecule has 6 nitrogen and oxygen atoms in total. The lowest BCUT2D eigenvalue weighted by molar-refractivity contribution is 0.0617. The first-order valence-corrected chi connectivity index (χ1v) is 12.8. The van der Waals surface area contributed by atoms with Crippen LogP contribution in [0.2, 0.25) is 5.02 Å². The van der Waals surface area contributed by atoms with Crippen LogP contribution in [0.3, 0.4) is 0 Å². The first-order chi connectivity index (χ1) is 19.0. The highest BCUT2D eigenvalue weighted by Crippen LogP contribution is 2.31. The number of halogens is 2. The van der Waals surface area contributed by atoms with Gasteiger partial charge in [-0.15, -0.1) is 0 Å². The number of rotatable bonds is 12. The van der Waals surface area contributed by atoms with Crippen LogP contribution in [0.25, 0.3) is 11.1 Å². The maximum atomic E-state index is 13.4. The third kappa shape index (κ3) is 7.80. The summed E-state index contributed by atoms with van der Waals surface area (Å²) in [7, 11) is 3.49. The number of methoxy groups -OCH3 is 1. The number of anilines is 1. The van der Waals surface area contributed by atoms with Crippen molar-refractivity contribution in [2.75, 3.05) is 32.7 Å². The molecule has 4 rings (SSSR count). The predicted molar refractivity (Wildman–Crippen MR) is 156 cm³/mol. The number of nitrogens with one attached hydrogen (secondary N) is 1. The summed E-state index contributed by atoms with van der Waals surface area (Å²) < 4.78 is 29.9. The highest BCUT2D eigenvalue weighted by Gasteiger charge is 2.11. The Kier molecular flexibility index (Phi) is 9.91. The molecule has 39 heavy (non-hydrogen) atoms. The van der Waals surface area contributed by atoms with Crippen LogP contribution in [0.15, 0.2) is 89.9 Å². The Labute approximate surface area is 233 Å². The van der Waals surface area contributed by atoms with E-state index in [-0.39, 0.29) is 12.4 Å². The van der Waals surface area contributed by atoms with Gasteiger partial charge in [-0.1, -0.05) is 48.0 Å². The lowest BCUT2D eigenvalue weighted by atomic mass is 9.99. The Morgan fingerprint density at radius 1 is 0.897 bits per heavy atom. The van der Waals surface area contributed by atoms with Gasteiger partial charge in [-0.05, 0) is 70.8 Å². The Hall–Kier alpha value is -3.91. The van der Waals surface area contributed by atoms with Gasteiger partial charge in [0.1, 0.15) is 24.0 Å². The van der Waals surface area contributed by atoms with Crippen molar-refractivity contribution < 1.29 is 18.6 Å². The van der Waals surface area contributed by atoms with E-state index in [2.05, 4.69) is 16.4 Å². The molecule has 0 amide bonds. The third-order valence-corrected chi connectivity index (χ3v) is 6.27. The van der Waals surface area contributed by atoms with E-state index in [0.29, 0.717) is 47.7 Å². The molecule has 0 saturated carbocycles. The minimum atomic E-state index is -0.313. The van der Waals surface area contributed by atoms with Gasteiger partial charge in [0.05, 0.1) is 30.5 Å². The van der Waals surface area contributed by atoms with Crippen LogP contribution in [-0.2, 0) is 22.7 Å². The van der Waals surface area contributed by atoms with E-state index in [1.54, 1.807) is 37.4 Å². The molecule has 0 saturated heterocycles. The van der Waals surface area contributed by atoms with Crippen molar-refractivity contribution in [3.05, 3.63) is 112 Å². The average molecular weight is 548 g/mol. The summed E-state index contributed by atoms with van der Waals surface area (Å²) >= 11 is 6.45. The number of aliphatic imine (C=N–C) groups is 1. The van der Waals surface area contributed by atoms with E-state index in [1.165, 1.54) is 12.1 Å². The maximum absolute atomic E-state index is 13.4. The van der Waals surface area contributed by atoms with Gasteiger partial charge >= 0.3 is 0 Å². The van der Waals surface area contributed by atoms with Crippen LogP contribution in [0.5, 0.6) is 5.75 Å². The molecule has 8 heteroatoms. The van der Waals surface area contributed by atoms with Gasteiger partial charge < -0.3 is 25.3 Å². The Morgan fingerprint density at radius 2 is 1.67 bits per heavy atom. The van der Waals surface area contributed by atoms with Crippen molar-refractivity contribution in [1.29, 1.82) is 0 Å². The van der Waals surface area contributed by atoms with Crippen molar-refractivity contribution in [2.45, 2.75) is 13.2 Å². The fourth-order valence-electron chi connectivity index (χ4n) is 3.99. The number of benzene rings is 4. The maximum Gasteiger partial charge on any atom is 0.138 e. The van der Waals surface area contributed by atoms with Crippen molar-refractivity contribution in [3.63, 3.8) is 0 Å². The minimum Gasteiger partial charge on any atom is -0.487 e. The topological polar surface area (TPSA) is 78.1 Å². The van der Waals surface area contributed by atoms with Crippen molar-refractivity contribution in [1.82, 2.24) is 0 Å². The molecule has 0 aliphatic heterocycles. The summed E-state index contributed by atoms with van der Waals surface area (Å²) in [6, 6.07) is 25.6. The summed E-state index contributed by atoms with van der Waals surface area (Å²) in [4.78, 5) is 4.61. The van der Waals surface area contributed by atoms with E-state index in [9.17, 15) is 4.39 Å². The van der Waals surface area contributed by atoms with Gasteiger partial charge in [0.15, 0.2) is 0 Å². The minimum absolute atomic E-state index is 0.195. The number of hydrogen-bond donors (Lipinski definition) is 2. The largest absolute Gasteiger partial charge is 0.487 e. The molecule has 0 unspecified atom stereocenters. The quantitative estimate of drug-likeness (QED) is 0.114. The zero-order chi connectivity index (χ0) is 27.6. The molecule has 0 fully saturated rings. The first-order valence-electron chi connectivity index (χ1n) is 12.5. The average Bonchev–Trinajstić information content (AvgIpc) is 2.95. The molecular formula is C31H31ClFN3O3. The van der Waals surface area contributed by atoms with Crippen LogP contribution in [-0.4, -0.2) is 33.2 Å². The molecule has 3 N–H and O–H groups in total. The molecule has 0 aromatic heterocycles. The predicted octanol–water partition coefficient (Wildman–Crippen LogP) is 6.97. The SMILES string of the molecule is CNc1ccc(-c2cccc(COCCOC)c2)cc1C(N)=Nc1ccc(OCc2cccc(F)c2)c(Cl)c1. The normalized spacial score (nSPS) is 11.4. The molecule has 0 spiro atoms. The second-order valence-electron chi connectivity index (χ2n) is 8.79. The molecule has 4 aromatic rings. The summed E-state index contributed by atoms with van der Waals surface area (Å²) in [5.74, 6) is 0.499. The summed E-state index contributed by atoms with van der Waals surface area (Å²) in [6.45, 7) is 1.80. The number of ether oxygens (including phenoxy) is 3. The number of amidine groups is 1. The lowest BCUT2D eigenvalue weighted by Gasteiger charge is -2.13. The van der Waals surface area contributed by atoms with Crippen LogP contribution >= 0.6 is 11.6 Å². The Balaban J connectivity index is 1.52. The molecule has 0 aliphatic rings. The van der Waals surface area contributed by atoms with Gasteiger partial charge in [0.2, 0.25) is 0 Å². The van der Waals surface area contributed by atoms with E-state index in [4.69, 9.17) is 31.5 Å². The molecule has 0 radical (unpaired) electrons. The standard InChI is InChI=1S/C31H31ClFN3O3/c1-35-29-11-9-24(23-7-3-5-21(15-23)19-38-14-13-37-2)17-27(29)31(34)36-26-10-12-30(28(32)18-26)39-20-22-6-4-8-25(33)16-22/h3-12,15-18,35H,13-14,19-20H2,1-2H3,(H2,34,36). The van der Waals surface area contributed by atoms with Crippen LogP contribution in [0.1, 0.15) is 16.7 Å². The number of nitrogens with two attached hydrogens (primary N) is 1. The van der Waals surface area contributed by atoms with Gasteiger partial charge in [0, 0.05) is 25.4 Å². The molecule has 0 bridgehead atoms. The van der Waals surface area contributed by atoms with Gasteiger partial charge in [0.25, 0.3) is 0 Å².